The molecule has 0 N–H and O–H groups in total. The van der Waals surface area contributed by atoms with Gasteiger partial charge in [-0.25, -0.2) is 0 Å². The largest absolute Gasteiger partial charge is 0.455 e. The molecule has 2 aliphatic heterocycles. The number of fused-ring (bicyclic) bond motifs is 12. The molecule has 0 saturated heterocycles. The fourth-order valence-corrected chi connectivity index (χ4v) is 11.8. The van der Waals surface area contributed by atoms with Crippen LogP contribution in [0.5, 0.6) is 0 Å². The summed E-state index contributed by atoms with van der Waals surface area (Å²) in [6, 6.07) is 78.9. The first-order valence-corrected chi connectivity index (χ1v) is 23.9. The predicted octanol–water partition coefficient (Wildman–Crippen LogP) is 18.2. The molecule has 0 atom stereocenters. The fourth-order valence-electron chi connectivity index (χ4n) is 11.8. The second-order valence-corrected chi connectivity index (χ2v) is 18.5. The van der Waals surface area contributed by atoms with Crippen LogP contribution >= 0.6 is 0 Å². The highest BCUT2D eigenvalue weighted by atomic mass is 16.3. The number of nitrogens with zero attached hydrogens (tertiary/aromatic N) is 4. The second-order valence-electron chi connectivity index (χ2n) is 18.5. The molecule has 6 nitrogen and oxygen atoms in total. The van der Waals surface area contributed by atoms with Crippen molar-refractivity contribution in [2.24, 2.45) is 0 Å². The summed E-state index contributed by atoms with van der Waals surface area (Å²) in [5, 5.41) is 8.82. The maximum absolute atomic E-state index is 6.96. The van der Waals surface area contributed by atoms with Gasteiger partial charge in [0.25, 0.3) is 0 Å². The fraction of sp³-hybridized carbons (Fsp3) is 0.0312. The maximum Gasteiger partial charge on any atom is 0.143 e. The molecule has 0 unspecified atom stereocenters. The van der Waals surface area contributed by atoms with Gasteiger partial charge in [0, 0.05) is 69.3 Å². The van der Waals surface area contributed by atoms with Gasteiger partial charge in [-0.1, -0.05) is 133 Å². The highest BCUT2D eigenvalue weighted by molar-refractivity contribution is 6.27. The van der Waals surface area contributed by atoms with E-state index in [1.165, 1.54) is 0 Å². The van der Waals surface area contributed by atoms with E-state index in [-0.39, 0.29) is 0 Å². The SMILES string of the molecule is CN1c2ccccc2N(c2ccc3c(-c4cccc5c4oc4ccccc45)c4cc(N5c6ccccc6N(C)c6ccccc65)ccc4c(-c4cccc5c4oc4ccccc45)c3c2)c2ccccc21. The van der Waals surface area contributed by atoms with E-state index in [0.29, 0.717) is 0 Å². The summed E-state index contributed by atoms with van der Waals surface area (Å²) in [5.41, 5.74) is 18.9. The van der Waals surface area contributed by atoms with E-state index in [4.69, 9.17) is 8.83 Å². The van der Waals surface area contributed by atoms with E-state index in [1.54, 1.807) is 0 Å². The van der Waals surface area contributed by atoms with E-state index in [1.807, 2.05) is 0 Å². The van der Waals surface area contributed by atoms with Crippen molar-refractivity contribution in [2.75, 3.05) is 33.7 Å². The quantitative estimate of drug-likeness (QED) is 0.164. The third kappa shape index (κ3) is 5.38. The number of hydrogen-bond acceptors (Lipinski definition) is 6. The second kappa shape index (κ2) is 14.6. The summed E-state index contributed by atoms with van der Waals surface area (Å²) < 4.78 is 13.9. The van der Waals surface area contributed by atoms with Gasteiger partial charge in [-0.3, -0.25) is 0 Å². The summed E-state index contributed by atoms with van der Waals surface area (Å²) >= 11 is 0. The molecule has 2 aromatic heterocycles. The van der Waals surface area contributed by atoms with Crippen LogP contribution < -0.4 is 19.6 Å². The Morgan fingerprint density at radius 3 is 0.986 bits per heavy atom. The molecule has 0 spiro atoms. The summed E-state index contributed by atoms with van der Waals surface area (Å²) in [6.07, 6.45) is 0. The van der Waals surface area contributed by atoms with E-state index in [0.717, 1.165) is 145 Å². The van der Waals surface area contributed by atoms with Crippen LogP contribution in [-0.4, -0.2) is 14.1 Å². The zero-order chi connectivity index (χ0) is 46.2. The summed E-state index contributed by atoms with van der Waals surface area (Å²) in [5.74, 6) is 0. The number of hydrogen-bond donors (Lipinski definition) is 0. The van der Waals surface area contributed by atoms with Crippen LogP contribution in [0.2, 0.25) is 0 Å². The Morgan fingerprint density at radius 2 is 0.600 bits per heavy atom. The third-order valence-corrected chi connectivity index (χ3v) is 14.9. The molecular formula is C64H42N4O2. The zero-order valence-corrected chi connectivity index (χ0v) is 38.4. The lowest BCUT2D eigenvalue weighted by atomic mass is 9.84. The molecule has 70 heavy (non-hydrogen) atoms. The lowest BCUT2D eigenvalue weighted by Gasteiger charge is -2.39. The Labute approximate surface area is 403 Å². The molecule has 0 fully saturated rings. The van der Waals surface area contributed by atoms with Crippen molar-refractivity contribution in [1.29, 1.82) is 0 Å². The van der Waals surface area contributed by atoms with Crippen LogP contribution in [0.4, 0.5) is 56.9 Å². The van der Waals surface area contributed by atoms with Gasteiger partial charge in [-0.15, -0.1) is 0 Å². The number of benzene rings is 11. The summed E-state index contributed by atoms with van der Waals surface area (Å²) in [6.45, 7) is 0. The normalized spacial score (nSPS) is 13.2. The number of rotatable bonds is 4. The monoisotopic (exact) mass is 898 g/mol. The first-order valence-electron chi connectivity index (χ1n) is 23.9. The molecule has 13 aromatic rings. The van der Waals surface area contributed by atoms with Crippen LogP contribution in [0.3, 0.4) is 0 Å². The van der Waals surface area contributed by atoms with Gasteiger partial charge in [0.15, 0.2) is 0 Å². The molecule has 2 aliphatic rings. The van der Waals surface area contributed by atoms with Gasteiger partial charge in [0.2, 0.25) is 0 Å². The van der Waals surface area contributed by atoms with Crippen molar-refractivity contribution in [3.63, 3.8) is 0 Å². The van der Waals surface area contributed by atoms with E-state index in [2.05, 4.69) is 252 Å². The lowest BCUT2D eigenvalue weighted by Crippen LogP contribution is -2.24. The third-order valence-electron chi connectivity index (χ3n) is 14.9. The van der Waals surface area contributed by atoms with Crippen molar-refractivity contribution in [3.05, 3.63) is 218 Å². The number of para-hydroxylation sites is 12. The molecule has 0 amide bonds. The highest BCUT2D eigenvalue weighted by Crippen LogP contribution is 2.56. The van der Waals surface area contributed by atoms with E-state index >= 15 is 0 Å². The average molecular weight is 899 g/mol. The van der Waals surface area contributed by atoms with Crippen LogP contribution in [0.1, 0.15) is 0 Å². The van der Waals surface area contributed by atoms with Crippen LogP contribution in [0, 0.1) is 0 Å². The molecule has 0 bridgehead atoms. The highest BCUT2D eigenvalue weighted by Gasteiger charge is 2.31. The zero-order valence-electron chi connectivity index (χ0n) is 38.4. The van der Waals surface area contributed by atoms with Gasteiger partial charge in [-0.05, 0) is 106 Å². The Kier molecular flexibility index (Phi) is 8.10. The Morgan fingerprint density at radius 1 is 0.271 bits per heavy atom. The molecule has 0 aliphatic carbocycles. The molecule has 4 heterocycles. The first kappa shape index (κ1) is 38.8. The van der Waals surface area contributed by atoms with E-state index < -0.39 is 0 Å². The van der Waals surface area contributed by atoms with Gasteiger partial charge in [0.1, 0.15) is 22.3 Å². The summed E-state index contributed by atoms with van der Waals surface area (Å²) in [4.78, 5) is 9.43. The Hall–Kier alpha value is -9.26. The maximum atomic E-state index is 6.96. The molecule has 11 aromatic carbocycles. The van der Waals surface area contributed by atoms with Gasteiger partial charge in [-0.2, -0.15) is 0 Å². The smallest absolute Gasteiger partial charge is 0.143 e. The number of furan rings is 2. The van der Waals surface area contributed by atoms with Crippen molar-refractivity contribution >= 4 is 122 Å². The Balaban J connectivity index is 1.10. The molecular weight excluding hydrogens is 857 g/mol. The van der Waals surface area contributed by atoms with Crippen LogP contribution in [0.15, 0.2) is 227 Å². The van der Waals surface area contributed by atoms with Gasteiger partial charge >= 0.3 is 0 Å². The lowest BCUT2D eigenvalue weighted by molar-refractivity contribution is 0.669. The average Bonchev–Trinajstić information content (AvgIpc) is 4.00. The molecule has 0 radical (unpaired) electrons. The Bertz CT molecular complexity index is 3960. The van der Waals surface area contributed by atoms with Gasteiger partial charge < -0.3 is 28.4 Å². The van der Waals surface area contributed by atoms with Crippen molar-refractivity contribution in [2.45, 2.75) is 0 Å². The topological polar surface area (TPSA) is 39.2 Å². The minimum Gasteiger partial charge on any atom is -0.455 e. The predicted molar refractivity (Wildman–Crippen MR) is 292 cm³/mol. The molecule has 15 rings (SSSR count). The molecule has 330 valence electrons. The van der Waals surface area contributed by atoms with Gasteiger partial charge in [0.05, 0.1) is 45.5 Å². The van der Waals surface area contributed by atoms with Crippen LogP contribution in [0.25, 0.3) is 87.7 Å². The van der Waals surface area contributed by atoms with Crippen LogP contribution in [-0.2, 0) is 0 Å². The van der Waals surface area contributed by atoms with E-state index in [9.17, 15) is 0 Å². The minimum atomic E-state index is 0.866. The number of anilines is 10. The summed E-state index contributed by atoms with van der Waals surface area (Å²) in [7, 11) is 4.32. The van der Waals surface area contributed by atoms with Crippen molar-refractivity contribution in [1.82, 2.24) is 0 Å². The standard InChI is InChI=1S/C64H42N4O2/c1-65-51-23-5-9-27-55(51)67(56-28-10-6-24-52(56)65)39-33-35-43-49(37-39)61(47-21-15-19-45-41-17-3-13-31-59(41)69-63(45)47)44-36-34-40(68-57-29-11-7-25-53(57)66(2)54-26-8-12-30-58(54)68)38-50(44)62(43)48-22-16-20-46-42-18-4-14-32-60(42)70-64(46)48/h3-38H,1-2H3. The minimum absolute atomic E-state index is 0.866. The molecule has 6 heteroatoms. The van der Waals surface area contributed by atoms with Crippen molar-refractivity contribution < 1.29 is 8.83 Å². The molecule has 0 saturated carbocycles. The van der Waals surface area contributed by atoms with Crippen molar-refractivity contribution in [3.8, 4) is 22.3 Å². The first-order chi connectivity index (χ1) is 34.6.